The second-order valence-corrected chi connectivity index (χ2v) is 5.05. The number of aromatic nitrogens is 2. The molecule has 1 aliphatic rings. The van der Waals surface area contributed by atoms with Crippen molar-refractivity contribution in [3.8, 4) is 0 Å². The third-order valence-corrected chi connectivity index (χ3v) is 3.44. The van der Waals surface area contributed by atoms with Gasteiger partial charge in [-0.3, -0.25) is 0 Å². The summed E-state index contributed by atoms with van der Waals surface area (Å²) in [5, 5.41) is 12.8. The zero-order valence-corrected chi connectivity index (χ0v) is 11.7. The number of rotatable bonds is 5. The first-order chi connectivity index (χ1) is 9.69. The van der Waals surface area contributed by atoms with Gasteiger partial charge in [-0.1, -0.05) is 6.42 Å². The van der Waals surface area contributed by atoms with Crippen molar-refractivity contribution in [2.75, 3.05) is 18.5 Å². The van der Waals surface area contributed by atoms with Gasteiger partial charge in [-0.05, 0) is 38.2 Å². The van der Waals surface area contributed by atoms with E-state index in [1.54, 1.807) is 6.92 Å². The Balaban J connectivity index is 1.89. The fourth-order valence-corrected chi connectivity index (χ4v) is 2.45. The van der Waals surface area contributed by atoms with E-state index in [0.717, 1.165) is 25.7 Å². The predicted molar refractivity (Wildman–Crippen MR) is 74.4 cm³/mol. The summed E-state index contributed by atoms with van der Waals surface area (Å²) in [6.07, 6.45) is 5.20. The Bertz CT molecular complexity index is 453. The van der Waals surface area contributed by atoms with Crippen molar-refractivity contribution in [2.45, 2.75) is 38.7 Å². The highest BCUT2D eigenvalue weighted by molar-refractivity contribution is 5.87. The van der Waals surface area contributed by atoms with Crippen LogP contribution in [0.2, 0.25) is 0 Å². The van der Waals surface area contributed by atoms with Crippen molar-refractivity contribution in [2.24, 2.45) is 5.92 Å². The van der Waals surface area contributed by atoms with E-state index < -0.39 is 5.97 Å². The van der Waals surface area contributed by atoms with Crippen LogP contribution >= 0.6 is 0 Å². The minimum atomic E-state index is -0.439. The molecule has 0 aromatic carbocycles. The summed E-state index contributed by atoms with van der Waals surface area (Å²) in [6.45, 7) is 2.79. The molecule has 1 aromatic rings. The molecule has 6 nitrogen and oxygen atoms in total. The van der Waals surface area contributed by atoms with Gasteiger partial charge < -0.3 is 15.2 Å². The van der Waals surface area contributed by atoms with E-state index in [-0.39, 0.29) is 11.8 Å². The van der Waals surface area contributed by atoms with Crippen LogP contribution in [-0.4, -0.2) is 40.3 Å². The van der Waals surface area contributed by atoms with Gasteiger partial charge in [0.25, 0.3) is 0 Å². The standard InChI is InChI=1S/C14H21N3O3/c1-2-20-13(19)12-6-7-15-14(17-12)16-9-10-4-3-5-11(18)8-10/h6-7,10-11,18H,2-5,8-9H2,1H3,(H,15,16,17)/t10-,11+/m1/s1. The topological polar surface area (TPSA) is 84.3 Å². The lowest BCUT2D eigenvalue weighted by Crippen LogP contribution is -2.25. The number of carbonyl (C=O) groups is 1. The number of aliphatic hydroxyl groups excluding tert-OH is 1. The summed E-state index contributed by atoms with van der Waals surface area (Å²) >= 11 is 0. The van der Waals surface area contributed by atoms with Crippen molar-refractivity contribution in [3.63, 3.8) is 0 Å². The smallest absolute Gasteiger partial charge is 0.357 e. The monoisotopic (exact) mass is 279 g/mol. The summed E-state index contributed by atoms with van der Waals surface area (Å²) in [6, 6.07) is 1.54. The number of hydrogen-bond acceptors (Lipinski definition) is 6. The molecule has 1 fully saturated rings. The van der Waals surface area contributed by atoms with Crippen LogP contribution in [0.1, 0.15) is 43.1 Å². The van der Waals surface area contributed by atoms with E-state index in [0.29, 0.717) is 25.0 Å². The lowest BCUT2D eigenvalue weighted by atomic mass is 9.87. The van der Waals surface area contributed by atoms with Gasteiger partial charge in [0.2, 0.25) is 5.95 Å². The Morgan fingerprint density at radius 1 is 1.55 bits per heavy atom. The van der Waals surface area contributed by atoms with Crippen molar-refractivity contribution in [3.05, 3.63) is 18.0 Å². The predicted octanol–water partition coefficient (Wildman–Crippen LogP) is 1.62. The Morgan fingerprint density at radius 3 is 3.15 bits per heavy atom. The fourth-order valence-electron chi connectivity index (χ4n) is 2.45. The van der Waals surface area contributed by atoms with Gasteiger partial charge in [-0.25, -0.2) is 14.8 Å². The van der Waals surface area contributed by atoms with Gasteiger partial charge in [0, 0.05) is 12.7 Å². The molecule has 2 rings (SSSR count). The Labute approximate surface area is 118 Å². The van der Waals surface area contributed by atoms with Gasteiger partial charge >= 0.3 is 5.97 Å². The first kappa shape index (κ1) is 14.7. The van der Waals surface area contributed by atoms with Crippen molar-refractivity contribution >= 4 is 11.9 Å². The zero-order chi connectivity index (χ0) is 14.4. The van der Waals surface area contributed by atoms with E-state index in [1.807, 2.05) is 0 Å². The van der Waals surface area contributed by atoms with Crippen molar-refractivity contribution in [1.29, 1.82) is 0 Å². The Morgan fingerprint density at radius 2 is 2.40 bits per heavy atom. The fraction of sp³-hybridized carbons (Fsp3) is 0.643. The lowest BCUT2D eigenvalue weighted by molar-refractivity contribution is 0.0519. The molecule has 6 heteroatoms. The SMILES string of the molecule is CCOC(=O)c1ccnc(NC[C@@H]2CCC[C@H](O)C2)n1. The summed E-state index contributed by atoms with van der Waals surface area (Å²) < 4.78 is 4.90. The van der Waals surface area contributed by atoms with E-state index in [4.69, 9.17) is 4.74 Å². The van der Waals surface area contributed by atoms with Crippen LogP contribution in [0.3, 0.4) is 0 Å². The molecule has 1 saturated carbocycles. The summed E-state index contributed by atoms with van der Waals surface area (Å²) in [5.74, 6) is 0.412. The molecule has 2 N–H and O–H groups in total. The largest absolute Gasteiger partial charge is 0.461 e. The Kier molecular flexibility index (Phi) is 5.29. The van der Waals surface area contributed by atoms with Gasteiger partial charge in [0.15, 0.2) is 5.69 Å². The molecule has 0 spiro atoms. The Hall–Kier alpha value is -1.69. The number of aliphatic hydroxyl groups is 1. The molecule has 0 saturated heterocycles. The van der Waals surface area contributed by atoms with Crippen molar-refractivity contribution < 1.29 is 14.6 Å². The van der Waals surface area contributed by atoms with Crippen LogP contribution < -0.4 is 5.32 Å². The highest BCUT2D eigenvalue weighted by atomic mass is 16.5. The van der Waals surface area contributed by atoms with Crippen LogP contribution in [0, 0.1) is 5.92 Å². The maximum Gasteiger partial charge on any atom is 0.357 e. The maximum atomic E-state index is 11.6. The normalized spacial score (nSPS) is 22.3. The van der Waals surface area contributed by atoms with E-state index in [9.17, 15) is 9.90 Å². The summed E-state index contributed by atoms with van der Waals surface area (Å²) in [5.41, 5.74) is 0.257. The molecule has 0 amide bonds. The van der Waals surface area contributed by atoms with Crippen LogP contribution in [0.4, 0.5) is 5.95 Å². The molecule has 0 aliphatic heterocycles. The summed E-state index contributed by atoms with van der Waals surface area (Å²) in [4.78, 5) is 19.8. The van der Waals surface area contributed by atoms with Crippen LogP contribution in [0.5, 0.6) is 0 Å². The number of esters is 1. The molecule has 20 heavy (non-hydrogen) atoms. The zero-order valence-electron chi connectivity index (χ0n) is 11.7. The number of ether oxygens (including phenoxy) is 1. The molecule has 2 atom stereocenters. The average molecular weight is 279 g/mol. The molecule has 1 aromatic heterocycles. The van der Waals surface area contributed by atoms with E-state index in [1.165, 1.54) is 12.3 Å². The number of nitrogens with one attached hydrogen (secondary N) is 1. The van der Waals surface area contributed by atoms with E-state index in [2.05, 4.69) is 15.3 Å². The lowest BCUT2D eigenvalue weighted by Gasteiger charge is -2.25. The third-order valence-electron chi connectivity index (χ3n) is 3.44. The molecule has 0 unspecified atom stereocenters. The van der Waals surface area contributed by atoms with Crippen LogP contribution in [-0.2, 0) is 4.74 Å². The van der Waals surface area contributed by atoms with Gasteiger partial charge in [-0.15, -0.1) is 0 Å². The first-order valence-corrected chi connectivity index (χ1v) is 7.11. The van der Waals surface area contributed by atoms with Crippen LogP contribution in [0.25, 0.3) is 0 Å². The van der Waals surface area contributed by atoms with E-state index >= 15 is 0 Å². The number of anilines is 1. The quantitative estimate of drug-likeness (QED) is 0.797. The number of hydrogen-bond donors (Lipinski definition) is 2. The average Bonchev–Trinajstić information content (AvgIpc) is 2.46. The number of nitrogens with zero attached hydrogens (tertiary/aromatic N) is 2. The summed E-state index contributed by atoms with van der Waals surface area (Å²) in [7, 11) is 0. The molecule has 110 valence electrons. The van der Waals surface area contributed by atoms with Gasteiger partial charge in [0.1, 0.15) is 0 Å². The molecular formula is C14H21N3O3. The molecule has 0 bridgehead atoms. The third kappa shape index (κ3) is 4.16. The number of carbonyl (C=O) groups excluding carboxylic acids is 1. The highest BCUT2D eigenvalue weighted by Crippen LogP contribution is 2.24. The minimum absolute atomic E-state index is 0.192. The minimum Gasteiger partial charge on any atom is -0.461 e. The van der Waals surface area contributed by atoms with Gasteiger partial charge in [0.05, 0.1) is 12.7 Å². The molecule has 1 aliphatic carbocycles. The highest BCUT2D eigenvalue weighted by Gasteiger charge is 2.20. The van der Waals surface area contributed by atoms with Gasteiger partial charge in [-0.2, -0.15) is 0 Å². The second kappa shape index (κ2) is 7.19. The molecule has 1 heterocycles. The van der Waals surface area contributed by atoms with Crippen molar-refractivity contribution in [1.82, 2.24) is 9.97 Å². The van der Waals surface area contributed by atoms with Crippen LogP contribution in [0.15, 0.2) is 12.3 Å². The molecular weight excluding hydrogens is 258 g/mol. The maximum absolute atomic E-state index is 11.6. The molecule has 0 radical (unpaired) electrons. The first-order valence-electron chi connectivity index (χ1n) is 7.11. The second-order valence-electron chi connectivity index (χ2n) is 5.05.